The first kappa shape index (κ1) is 11.8. The summed E-state index contributed by atoms with van der Waals surface area (Å²) in [6.07, 6.45) is 2.59. The molecule has 1 aromatic rings. The summed E-state index contributed by atoms with van der Waals surface area (Å²) in [5, 5.41) is 0. The van der Waals surface area contributed by atoms with Gasteiger partial charge in [0.2, 0.25) is 0 Å². The van der Waals surface area contributed by atoms with E-state index in [1.54, 1.807) is 19.1 Å². The van der Waals surface area contributed by atoms with Crippen molar-refractivity contribution in [3.8, 4) is 0 Å². The van der Waals surface area contributed by atoms with Crippen LogP contribution >= 0.6 is 0 Å². The van der Waals surface area contributed by atoms with Crippen molar-refractivity contribution in [2.45, 2.75) is 32.1 Å². The number of esters is 1. The predicted octanol–water partition coefficient (Wildman–Crippen LogP) is 2.70. The van der Waals surface area contributed by atoms with Crippen molar-refractivity contribution < 1.29 is 14.3 Å². The fraction of sp³-hybridized carbons (Fsp3) is 0.429. The second-order valence-electron chi connectivity index (χ2n) is 4.25. The first-order valence-corrected chi connectivity index (χ1v) is 6.02. The van der Waals surface area contributed by atoms with E-state index in [9.17, 15) is 9.59 Å². The van der Waals surface area contributed by atoms with Crippen LogP contribution in [0.25, 0.3) is 0 Å². The Labute approximate surface area is 101 Å². The van der Waals surface area contributed by atoms with E-state index >= 15 is 0 Å². The first-order valence-electron chi connectivity index (χ1n) is 6.02. The fourth-order valence-electron chi connectivity index (χ4n) is 2.23. The van der Waals surface area contributed by atoms with E-state index in [0.717, 1.165) is 18.4 Å². The van der Waals surface area contributed by atoms with Crippen LogP contribution in [0.2, 0.25) is 0 Å². The molecule has 0 saturated heterocycles. The number of hydrogen-bond donors (Lipinski definition) is 0. The van der Waals surface area contributed by atoms with E-state index in [4.69, 9.17) is 4.74 Å². The lowest BCUT2D eigenvalue weighted by atomic mass is 9.96. The Bertz CT molecular complexity index is 420. The van der Waals surface area contributed by atoms with Gasteiger partial charge in [-0.25, -0.2) is 4.79 Å². The highest BCUT2D eigenvalue weighted by atomic mass is 16.5. The number of Topliss-reactive ketones (excluding diaryl/α,β-unsaturated/α-hetero) is 1. The van der Waals surface area contributed by atoms with Crippen molar-refractivity contribution in [1.29, 1.82) is 0 Å². The molecule has 1 unspecified atom stereocenters. The van der Waals surface area contributed by atoms with Crippen molar-refractivity contribution in [3.63, 3.8) is 0 Å². The summed E-state index contributed by atoms with van der Waals surface area (Å²) in [7, 11) is 0. The second kappa shape index (κ2) is 5.13. The van der Waals surface area contributed by atoms with Gasteiger partial charge in [-0.3, -0.25) is 4.79 Å². The van der Waals surface area contributed by atoms with Gasteiger partial charge in [-0.1, -0.05) is 12.1 Å². The molecular formula is C14H16O3. The third-order valence-electron chi connectivity index (χ3n) is 3.13. The third kappa shape index (κ3) is 2.54. The van der Waals surface area contributed by atoms with Gasteiger partial charge in [-0.15, -0.1) is 0 Å². The van der Waals surface area contributed by atoms with Gasteiger partial charge in [0.1, 0.15) is 5.78 Å². The Hall–Kier alpha value is -1.64. The summed E-state index contributed by atoms with van der Waals surface area (Å²) < 4.78 is 4.91. The summed E-state index contributed by atoms with van der Waals surface area (Å²) in [6, 6.07) is 7.19. The minimum absolute atomic E-state index is 0.0336. The van der Waals surface area contributed by atoms with Gasteiger partial charge >= 0.3 is 5.97 Å². The summed E-state index contributed by atoms with van der Waals surface area (Å²) in [4.78, 5) is 23.1. The lowest BCUT2D eigenvalue weighted by Crippen LogP contribution is -2.07. The molecule has 3 nitrogen and oxygen atoms in total. The van der Waals surface area contributed by atoms with E-state index in [1.165, 1.54) is 0 Å². The highest BCUT2D eigenvalue weighted by Gasteiger charge is 2.25. The van der Waals surface area contributed by atoms with E-state index in [2.05, 4.69) is 0 Å². The molecule has 0 aromatic heterocycles. The normalized spacial score (nSPS) is 19.4. The molecule has 0 aliphatic heterocycles. The number of benzene rings is 1. The van der Waals surface area contributed by atoms with Crippen LogP contribution in [0.5, 0.6) is 0 Å². The van der Waals surface area contributed by atoms with Crippen molar-refractivity contribution in [2.75, 3.05) is 6.61 Å². The van der Waals surface area contributed by atoms with Crippen molar-refractivity contribution >= 4 is 11.8 Å². The van der Waals surface area contributed by atoms with E-state index in [1.807, 2.05) is 12.1 Å². The number of rotatable bonds is 3. The Kier molecular flexibility index (Phi) is 3.57. The minimum atomic E-state index is -0.309. The molecule has 0 amide bonds. The largest absolute Gasteiger partial charge is 0.462 e. The van der Waals surface area contributed by atoms with Crippen LogP contribution in [0.15, 0.2) is 24.3 Å². The maximum Gasteiger partial charge on any atom is 0.338 e. The van der Waals surface area contributed by atoms with Crippen LogP contribution < -0.4 is 0 Å². The molecule has 0 bridgehead atoms. The standard InChI is InChI=1S/C14H16O3/c1-2-17-14(16)11-8-6-10(7-9-11)12-4-3-5-13(12)15/h6-9,12H,2-5H2,1H3. The van der Waals surface area contributed by atoms with E-state index < -0.39 is 0 Å². The van der Waals surface area contributed by atoms with Crippen molar-refractivity contribution in [3.05, 3.63) is 35.4 Å². The number of ether oxygens (including phenoxy) is 1. The maximum atomic E-state index is 11.6. The third-order valence-corrected chi connectivity index (χ3v) is 3.13. The maximum absolute atomic E-state index is 11.6. The number of hydrogen-bond acceptors (Lipinski definition) is 3. The average Bonchev–Trinajstić information content (AvgIpc) is 2.76. The molecule has 1 atom stereocenters. The second-order valence-corrected chi connectivity index (χ2v) is 4.25. The molecule has 1 aliphatic carbocycles. The average molecular weight is 232 g/mol. The molecule has 0 radical (unpaired) electrons. The highest BCUT2D eigenvalue weighted by Crippen LogP contribution is 2.31. The van der Waals surface area contributed by atoms with E-state index in [0.29, 0.717) is 24.4 Å². The SMILES string of the molecule is CCOC(=O)c1ccc(C2CCCC2=O)cc1. The summed E-state index contributed by atoms with van der Waals surface area (Å²) in [5.41, 5.74) is 1.56. The molecule has 1 fully saturated rings. The molecule has 3 heteroatoms. The summed E-state index contributed by atoms with van der Waals surface area (Å²) >= 11 is 0. The van der Waals surface area contributed by atoms with Crippen LogP contribution in [0.1, 0.15) is 48.0 Å². The fourth-order valence-corrected chi connectivity index (χ4v) is 2.23. The quantitative estimate of drug-likeness (QED) is 0.752. The number of carbonyl (C=O) groups excluding carboxylic acids is 2. The molecule has 0 spiro atoms. The molecule has 2 rings (SSSR count). The minimum Gasteiger partial charge on any atom is -0.462 e. The lowest BCUT2D eigenvalue weighted by Gasteiger charge is -2.08. The molecule has 90 valence electrons. The Morgan fingerprint density at radius 1 is 1.35 bits per heavy atom. The Morgan fingerprint density at radius 2 is 2.06 bits per heavy atom. The van der Waals surface area contributed by atoms with Gasteiger partial charge in [0, 0.05) is 12.3 Å². The summed E-state index contributed by atoms with van der Waals surface area (Å²) in [5.74, 6) is 0.0388. The van der Waals surface area contributed by atoms with Gasteiger partial charge in [-0.2, -0.15) is 0 Å². The van der Waals surface area contributed by atoms with Crippen molar-refractivity contribution in [2.24, 2.45) is 0 Å². The summed E-state index contributed by atoms with van der Waals surface area (Å²) in [6.45, 7) is 2.16. The lowest BCUT2D eigenvalue weighted by molar-refractivity contribution is -0.118. The zero-order chi connectivity index (χ0) is 12.3. The topological polar surface area (TPSA) is 43.4 Å². The van der Waals surface area contributed by atoms with Crippen LogP contribution in [0.3, 0.4) is 0 Å². The highest BCUT2D eigenvalue weighted by molar-refractivity contribution is 5.90. The molecule has 1 saturated carbocycles. The monoisotopic (exact) mass is 232 g/mol. The van der Waals surface area contributed by atoms with Crippen LogP contribution in [-0.4, -0.2) is 18.4 Å². The Morgan fingerprint density at radius 3 is 2.59 bits per heavy atom. The predicted molar refractivity (Wildman–Crippen MR) is 64.0 cm³/mol. The smallest absolute Gasteiger partial charge is 0.338 e. The molecule has 0 N–H and O–H groups in total. The number of ketones is 1. The first-order chi connectivity index (χ1) is 8.22. The molecule has 0 heterocycles. The van der Waals surface area contributed by atoms with Crippen LogP contribution in [0.4, 0.5) is 0 Å². The molecular weight excluding hydrogens is 216 g/mol. The van der Waals surface area contributed by atoms with Crippen molar-refractivity contribution in [1.82, 2.24) is 0 Å². The van der Waals surface area contributed by atoms with Crippen LogP contribution in [0, 0.1) is 0 Å². The molecule has 1 aromatic carbocycles. The zero-order valence-electron chi connectivity index (χ0n) is 9.94. The van der Waals surface area contributed by atoms with Crippen LogP contribution in [-0.2, 0) is 9.53 Å². The van der Waals surface area contributed by atoms with Gasteiger partial charge in [-0.05, 0) is 37.5 Å². The van der Waals surface area contributed by atoms with Gasteiger partial charge in [0.05, 0.1) is 12.2 Å². The van der Waals surface area contributed by atoms with E-state index in [-0.39, 0.29) is 11.9 Å². The number of carbonyl (C=O) groups is 2. The van der Waals surface area contributed by atoms with Gasteiger partial charge in [0.15, 0.2) is 0 Å². The zero-order valence-corrected chi connectivity index (χ0v) is 9.94. The Balaban J connectivity index is 2.12. The van der Waals surface area contributed by atoms with Gasteiger partial charge in [0.25, 0.3) is 0 Å². The van der Waals surface area contributed by atoms with Gasteiger partial charge < -0.3 is 4.74 Å². The molecule has 17 heavy (non-hydrogen) atoms. The molecule has 1 aliphatic rings.